The Balaban J connectivity index is 2.39. The zero-order valence-corrected chi connectivity index (χ0v) is 12.7. The first-order valence-electron chi connectivity index (χ1n) is 7.28. The van der Waals surface area contributed by atoms with E-state index in [1.54, 1.807) is 0 Å². The summed E-state index contributed by atoms with van der Waals surface area (Å²) in [7, 11) is 0. The van der Waals surface area contributed by atoms with Crippen molar-refractivity contribution >= 4 is 11.6 Å². The molecule has 0 heterocycles. The van der Waals surface area contributed by atoms with Gasteiger partial charge < -0.3 is 10.6 Å². The van der Waals surface area contributed by atoms with E-state index in [4.69, 9.17) is 5.73 Å². The number of hydrogen-bond acceptors (Lipinski definition) is 2. The number of nitrogens with two attached hydrogens (primary N) is 1. The molecule has 2 aromatic rings. The van der Waals surface area contributed by atoms with Crippen molar-refractivity contribution < 1.29 is 4.79 Å². The summed E-state index contributed by atoms with van der Waals surface area (Å²) < 4.78 is 0. The first kappa shape index (κ1) is 15.3. The largest absolute Gasteiger partial charge is 0.330 e. The fraction of sp³-hybridized carbons (Fsp3) is 0.278. The molecule has 1 amide bonds. The van der Waals surface area contributed by atoms with Gasteiger partial charge in [0.2, 0.25) is 0 Å². The summed E-state index contributed by atoms with van der Waals surface area (Å²) in [6.07, 6.45) is 0.784. The summed E-state index contributed by atoms with van der Waals surface area (Å²) in [5.74, 6) is 0.0378. The summed E-state index contributed by atoms with van der Waals surface area (Å²) >= 11 is 0. The molecule has 0 aliphatic rings. The summed E-state index contributed by atoms with van der Waals surface area (Å²) in [5.41, 5.74) is 9.42. The average molecular weight is 282 g/mol. The van der Waals surface area contributed by atoms with E-state index >= 15 is 0 Å². The molecule has 3 nitrogen and oxygen atoms in total. The van der Waals surface area contributed by atoms with Crippen molar-refractivity contribution in [2.45, 2.75) is 20.3 Å². The number of anilines is 1. The van der Waals surface area contributed by atoms with Gasteiger partial charge >= 0.3 is 0 Å². The van der Waals surface area contributed by atoms with E-state index in [0.29, 0.717) is 13.1 Å². The fourth-order valence-electron chi connectivity index (χ4n) is 2.41. The molecular formula is C18H22N2O. The van der Waals surface area contributed by atoms with Crippen molar-refractivity contribution in [3.05, 3.63) is 65.2 Å². The summed E-state index contributed by atoms with van der Waals surface area (Å²) in [6, 6.07) is 15.7. The van der Waals surface area contributed by atoms with E-state index in [-0.39, 0.29) is 5.91 Å². The molecular weight excluding hydrogens is 260 g/mol. The molecule has 2 N–H and O–H groups in total. The monoisotopic (exact) mass is 282 g/mol. The SMILES string of the molecule is Cc1ccccc1C(=O)N(CCCN)c1ccccc1C. The van der Waals surface area contributed by atoms with Gasteiger partial charge in [0.1, 0.15) is 0 Å². The maximum absolute atomic E-state index is 12.9. The third-order valence-electron chi connectivity index (χ3n) is 3.61. The maximum Gasteiger partial charge on any atom is 0.258 e. The molecule has 3 heteroatoms. The van der Waals surface area contributed by atoms with Gasteiger partial charge in [0.15, 0.2) is 0 Å². The van der Waals surface area contributed by atoms with E-state index in [1.807, 2.05) is 67.3 Å². The predicted octanol–water partition coefficient (Wildman–Crippen LogP) is 3.30. The number of para-hydroxylation sites is 1. The van der Waals surface area contributed by atoms with Gasteiger partial charge in [-0.3, -0.25) is 4.79 Å². The predicted molar refractivity (Wildman–Crippen MR) is 87.7 cm³/mol. The van der Waals surface area contributed by atoms with Gasteiger partial charge in [-0.2, -0.15) is 0 Å². The third-order valence-corrected chi connectivity index (χ3v) is 3.61. The van der Waals surface area contributed by atoms with E-state index in [1.165, 1.54) is 0 Å². The van der Waals surface area contributed by atoms with Gasteiger partial charge in [-0.1, -0.05) is 36.4 Å². The Bertz CT molecular complexity index is 622. The van der Waals surface area contributed by atoms with E-state index in [9.17, 15) is 4.79 Å². The van der Waals surface area contributed by atoms with Crippen molar-refractivity contribution in [3.63, 3.8) is 0 Å². The lowest BCUT2D eigenvalue weighted by atomic mass is 10.1. The second kappa shape index (κ2) is 7.04. The first-order chi connectivity index (χ1) is 10.1. The Morgan fingerprint density at radius 3 is 2.24 bits per heavy atom. The smallest absolute Gasteiger partial charge is 0.258 e. The molecule has 0 aliphatic heterocycles. The van der Waals surface area contributed by atoms with Crippen LogP contribution in [0, 0.1) is 13.8 Å². The summed E-state index contributed by atoms with van der Waals surface area (Å²) in [6.45, 7) is 5.19. The number of aryl methyl sites for hydroxylation is 2. The lowest BCUT2D eigenvalue weighted by Crippen LogP contribution is -2.34. The molecule has 0 saturated carbocycles. The fourth-order valence-corrected chi connectivity index (χ4v) is 2.41. The third kappa shape index (κ3) is 3.50. The molecule has 2 aromatic carbocycles. The van der Waals surface area contributed by atoms with Crippen LogP contribution in [0.4, 0.5) is 5.69 Å². The quantitative estimate of drug-likeness (QED) is 0.914. The van der Waals surface area contributed by atoms with Crippen LogP contribution in [0.15, 0.2) is 48.5 Å². The Labute approximate surface area is 126 Å². The van der Waals surface area contributed by atoms with Crippen LogP contribution in [0.25, 0.3) is 0 Å². The number of nitrogens with zero attached hydrogens (tertiary/aromatic N) is 1. The van der Waals surface area contributed by atoms with Crippen LogP contribution in [0.2, 0.25) is 0 Å². The van der Waals surface area contributed by atoms with E-state index in [2.05, 4.69) is 0 Å². The zero-order chi connectivity index (χ0) is 15.2. The molecule has 0 aromatic heterocycles. The molecule has 0 fully saturated rings. The minimum Gasteiger partial charge on any atom is -0.330 e. The number of carbonyl (C=O) groups excluding carboxylic acids is 1. The number of rotatable bonds is 5. The van der Waals surface area contributed by atoms with Gasteiger partial charge in [-0.05, 0) is 50.1 Å². The molecule has 0 unspecified atom stereocenters. The van der Waals surface area contributed by atoms with Gasteiger partial charge in [0, 0.05) is 17.8 Å². The highest BCUT2D eigenvalue weighted by Crippen LogP contribution is 2.23. The topological polar surface area (TPSA) is 46.3 Å². The Kier molecular flexibility index (Phi) is 5.12. The molecule has 0 atom stereocenters. The molecule has 2 rings (SSSR count). The summed E-state index contributed by atoms with van der Waals surface area (Å²) in [4.78, 5) is 14.7. The van der Waals surface area contributed by atoms with Crippen LogP contribution in [0.5, 0.6) is 0 Å². The van der Waals surface area contributed by atoms with Gasteiger partial charge in [0.25, 0.3) is 5.91 Å². The van der Waals surface area contributed by atoms with Gasteiger partial charge in [0.05, 0.1) is 0 Å². The number of carbonyl (C=O) groups is 1. The van der Waals surface area contributed by atoms with Crippen molar-refractivity contribution in [2.75, 3.05) is 18.0 Å². The molecule has 0 spiro atoms. The molecule has 21 heavy (non-hydrogen) atoms. The van der Waals surface area contributed by atoms with Gasteiger partial charge in [-0.25, -0.2) is 0 Å². The number of hydrogen-bond donors (Lipinski definition) is 1. The Hall–Kier alpha value is -2.13. The second-order valence-corrected chi connectivity index (χ2v) is 5.20. The molecule has 0 radical (unpaired) electrons. The van der Waals surface area contributed by atoms with Crippen LogP contribution in [-0.4, -0.2) is 19.0 Å². The van der Waals surface area contributed by atoms with Gasteiger partial charge in [-0.15, -0.1) is 0 Å². The normalized spacial score (nSPS) is 10.4. The van der Waals surface area contributed by atoms with E-state index in [0.717, 1.165) is 28.8 Å². The first-order valence-corrected chi connectivity index (χ1v) is 7.28. The maximum atomic E-state index is 12.9. The van der Waals surface area contributed by atoms with Crippen molar-refractivity contribution in [1.82, 2.24) is 0 Å². The summed E-state index contributed by atoms with van der Waals surface area (Å²) in [5, 5.41) is 0. The molecule has 110 valence electrons. The lowest BCUT2D eigenvalue weighted by molar-refractivity contribution is 0.0986. The standard InChI is InChI=1S/C18H22N2O/c1-14-8-3-5-10-16(14)18(21)20(13-7-12-19)17-11-6-4-9-15(17)2/h3-6,8-11H,7,12-13,19H2,1-2H3. The minimum atomic E-state index is 0.0378. The van der Waals surface area contributed by atoms with Crippen LogP contribution >= 0.6 is 0 Å². The Morgan fingerprint density at radius 2 is 1.62 bits per heavy atom. The van der Waals surface area contributed by atoms with Crippen LogP contribution in [-0.2, 0) is 0 Å². The minimum absolute atomic E-state index is 0.0378. The highest BCUT2D eigenvalue weighted by atomic mass is 16.2. The highest BCUT2D eigenvalue weighted by molar-refractivity contribution is 6.07. The van der Waals surface area contributed by atoms with E-state index < -0.39 is 0 Å². The highest BCUT2D eigenvalue weighted by Gasteiger charge is 2.19. The van der Waals surface area contributed by atoms with Crippen molar-refractivity contribution in [1.29, 1.82) is 0 Å². The lowest BCUT2D eigenvalue weighted by Gasteiger charge is -2.25. The van der Waals surface area contributed by atoms with Crippen LogP contribution in [0.3, 0.4) is 0 Å². The molecule has 0 aliphatic carbocycles. The molecule has 0 bridgehead atoms. The molecule has 0 saturated heterocycles. The van der Waals surface area contributed by atoms with Crippen LogP contribution < -0.4 is 10.6 Å². The van der Waals surface area contributed by atoms with Crippen molar-refractivity contribution in [3.8, 4) is 0 Å². The van der Waals surface area contributed by atoms with Crippen molar-refractivity contribution in [2.24, 2.45) is 5.73 Å². The average Bonchev–Trinajstić information content (AvgIpc) is 2.49. The van der Waals surface area contributed by atoms with Crippen LogP contribution in [0.1, 0.15) is 27.9 Å². The zero-order valence-electron chi connectivity index (χ0n) is 12.7. The number of benzene rings is 2. The number of amides is 1. The second-order valence-electron chi connectivity index (χ2n) is 5.20. The Morgan fingerprint density at radius 1 is 1.00 bits per heavy atom.